The van der Waals surface area contributed by atoms with Crippen molar-refractivity contribution in [2.24, 2.45) is 4.99 Å². The van der Waals surface area contributed by atoms with E-state index in [1.165, 1.54) is 5.56 Å². The molecule has 0 bridgehead atoms. The molecule has 0 amide bonds. The first-order valence-corrected chi connectivity index (χ1v) is 10.6. The monoisotopic (exact) mass is 378 g/mol. The van der Waals surface area contributed by atoms with Crippen LogP contribution in [0.1, 0.15) is 24.0 Å². The first-order valence-electron chi connectivity index (χ1n) is 8.14. The van der Waals surface area contributed by atoms with Gasteiger partial charge in [0.05, 0.1) is 4.90 Å². The Kier molecular flexibility index (Phi) is 5.72. The van der Waals surface area contributed by atoms with Gasteiger partial charge in [-0.25, -0.2) is 13.1 Å². The summed E-state index contributed by atoms with van der Waals surface area (Å²) in [6.45, 7) is 1.28. The molecule has 0 unspecified atom stereocenters. The molecule has 1 aliphatic carbocycles. The van der Waals surface area contributed by atoms with Crippen LogP contribution in [-0.4, -0.2) is 27.5 Å². The van der Waals surface area contributed by atoms with E-state index in [0.717, 1.165) is 18.4 Å². The van der Waals surface area contributed by atoms with Crippen LogP contribution in [0.15, 0.2) is 51.0 Å². The molecular weight excluding hydrogens is 356 g/mol. The first-order chi connectivity index (χ1) is 12.1. The van der Waals surface area contributed by atoms with Crippen LogP contribution in [0.25, 0.3) is 0 Å². The molecule has 8 heteroatoms. The average molecular weight is 379 g/mol. The van der Waals surface area contributed by atoms with Gasteiger partial charge in [0.2, 0.25) is 10.0 Å². The SMILES string of the molecule is CN=C(NCc1ccc(S(=O)(=O)NC2CC2)cc1)NCc1ccsc1. The van der Waals surface area contributed by atoms with Crippen molar-refractivity contribution in [3.63, 3.8) is 0 Å². The molecule has 0 aliphatic heterocycles. The third kappa shape index (κ3) is 5.29. The molecule has 1 aromatic carbocycles. The highest BCUT2D eigenvalue weighted by Crippen LogP contribution is 2.22. The lowest BCUT2D eigenvalue weighted by atomic mass is 10.2. The highest BCUT2D eigenvalue weighted by Gasteiger charge is 2.27. The third-order valence-corrected chi connectivity index (χ3v) is 6.12. The molecule has 1 fully saturated rings. The molecule has 3 rings (SSSR count). The second kappa shape index (κ2) is 7.99. The number of hydrogen-bond donors (Lipinski definition) is 3. The minimum atomic E-state index is -3.39. The maximum atomic E-state index is 12.1. The van der Waals surface area contributed by atoms with E-state index in [9.17, 15) is 8.42 Å². The number of sulfonamides is 1. The van der Waals surface area contributed by atoms with Crippen LogP contribution in [0, 0.1) is 0 Å². The fourth-order valence-electron chi connectivity index (χ4n) is 2.26. The predicted octanol–water partition coefficient (Wildman–Crippen LogP) is 2.05. The Morgan fingerprint density at radius 1 is 1.12 bits per heavy atom. The number of rotatable bonds is 7. The lowest BCUT2D eigenvalue weighted by molar-refractivity contribution is 0.581. The number of hydrogen-bond acceptors (Lipinski definition) is 4. The van der Waals surface area contributed by atoms with Crippen molar-refractivity contribution in [1.82, 2.24) is 15.4 Å². The van der Waals surface area contributed by atoms with Gasteiger partial charge in [0.15, 0.2) is 5.96 Å². The molecule has 1 heterocycles. The van der Waals surface area contributed by atoms with E-state index in [0.29, 0.717) is 23.9 Å². The number of nitrogens with zero attached hydrogens (tertiary/aromatic N) is 1. The maximum Gasteiger partial charge on any atom is 0.240 e. The van der Waals surface area contributed by atoms with E-state index in [1.54, 1.807) is 30.5 Å². The van der Waals surface area contributed by atoms with E-state index in [2.05, 4.69) is 31.8 Å². The Balaban J connectivity index is 1.52. The fraction of sp³-hybridized carbons (Fsp3) is 0.353. The van der Waals surface area contributed by atoms with Crippen molar-refractivity contribution in [2.45, 2.75) is 36.9 Å². The number of aliphatic imine (C=N–C) groups is 1. The largest absolute Gasteiger partial charge is 0.352 e. The lowest BCUT2D eigenvalue weighted by Gasteiger charge is -2.12. The number of nitrogens with one attached hydrogen (secondary N) is 3. The van der Waals surface area contributed by atoms with Crippen LogP contribution in [0.5, 0.6) is 0 Å². The van der Waals surface area contributed by atoms with E-state index in [-0.39, 0.29) is 6.04 Å². The zero-order chi connectivity index (χ0) is 17.7. The minimum absolute atomic E-state index is 0.115. The number of benzene rings is 1. The zero-order valence-corrected chi connectivity index (χ0v) is 15.7. The number of thiophene rings is 1. The van der Waals surface area contributed by atoms with Gasteiger partial charge in [-0.1, -0.05) is 12.1 Å². The summed E-state index contributed by atoms with van der Waals surface area (Å²) in [5.74, 6) is 0.707. The fourth-order valence-corrected chi connectivity index (χ4v) is 4.23. The summed E-state index contributed by atoms with van der Waals surface area (Å²) in [5, 5.41) is 10.6. The van der Waals surface area contributed by atoms with Gasteiger partial charge in [-0.2, -0.15) is 11.3 Å². The van der Waals surface area contributed by atoms with Gasteiger partial charge in [-0.3, -0.25) is 4.99 Å². The first kappa shape index (κ1) is 17.9. The zero-order valence-electron chi connectivity index (χ0n) is 14.0. The molecule has 134 valence electrons. The van der Waals surface area contributed by atoms with Gasteiger partial charge in [0, 0.05) is 26.2 Å². The molecule has 2 aromatic rings. The summed E-state index contributed by atoms with van der Waals surface area (Å²) >= 11 is 1.67. The van der Waals surface area contributed by atoms with E-state index in [4.69, 9.17) is 0 Å². The van der Waals surface area contributed by atoms with Gasteiger partial charge in [-0.15, -0.1) is 0 Å². The van der Waals surface area contributed by atoms with Gasteiger partial charge in [0.1, 0.15) is 0 Å². The Morgan fingerprint density at radius 3 is 2.36 bits per heavy atom. The molecule has 25 heavy (non-hydrogen) atoms. The maximum absolute atomic E-state index is 12.1. The molecule has 6 nitrogen and oxygen atoms in total. The van der Waals surface area contributed by atoms with Crippen molar-refractivity contribution in [1.29, 1.82) is 0 Å². The molecule has 1 saturated carbocycles. The van der Waals surface area contributed by atoms with Gasteiger partial charge < -0.3 is 10.6 Å². The smallest absolute Gasteiger partial charge is 0.240 e. The molecule has 0 atom stereocenters. The second-order valence-corrected chi connectivity index (χ2v) is 8.44. The second-order valence-electron chi connectivity index (χ2n) is 5.95. The molecule has 3 N–H and O–H groups in total. The van der Waals surface area contributed by atoms with Crippen LogP contribution in [0.2, 0.25) is 0 Å². The van der Waals surface area contributed by atoms with Crippen molar-refractivity contribution < 1.29 is 8.42 Å². The molecule has 1 aliphatic rings. The van der Waals surface area contributed by atoms with Crippen LogP contribution < -0.4 is 15.4 Å². The van der Waals surface area contributed by atoms with Crippen molar-refractivity contribution in [3.8, 4) is 0 Å². The van der Waals surface area contributed by atoms with Gasteiger partial charge in [-0.05, 0) is 52.9 Å². The Labute approximate surface area is 152 Å². The normalized spacial score (nSPS) is 15.2. The Morgan fingerprint density at radius 2 is 1.80 bits per heavy atom. The van der Waals surface area contributed by atoms with E-state index in [1.807, 2.05) is 17.5 Å². The number of guanidine groups is 1. The average Bonchev–Trinajstić information content (AvgIpc) is 3.25. The summed E-state index contributed by atoms with van der Waals surface area (Å²) in [5.41, 5.74) is 2.20. The van der Waals surface area contributed by atoms with Crippen LogP contribution in [0.4, 0.5) is 0 Å². The quantitative estimate of drug-likeness (QED) is 0.509. The summed E-state index contributed by atoms with van der Waals surface area (Å²) in [7, 11) is -1.66. The van der Waals surface area contributed by atoms with Crippen LogP contribution in [-0.2, 0) is 23.1 Å². The summed E-state index contributed by atoms with van der Waals surface area (Å²) in [6, 6.07) is 9.11. The summed E-state index contributed by atoms with van der Waals surface area (Å²) in [4.78, 5) is 4.50. The molecular formula is C17H22N4O2S2. The lowest BCUT2D eigenvalue weighted by Crippen LogP contribution is -2.36. The van der Waals surface area contributed by atoms with E-state index >= 15 is 0 Å². The van der Waals surface area contributed by atoms with Gasteiger partial charge >= 0.3 is 0 Å². The highest BCUT2D eigenvalue weighted by atomic mass is 32.2. The van der Waals surface area contributed by atoms with Crippen LogP contribution >= 0.6 is 11.3 Å². The highest BCUT2D eigenvalue weighted by molar-refractivity contribution is 7.89. The summed E-state index contributed by atoms with van der Waals surface area (Å²) < 4.78 is 27.0. The van der Waals surface area contributed by atoms with Gasteiger partial charge in [0.25, 0.3) is 0 Å². The third-order valence-electron chi connectivity index (χ3n) is 3.86. The molecule has 0 saturated heterocycles. The summed E-state index contributed by atoms with van der Waals surface area (Å²) in [6.07, 6.45) is 1.86. The molecule has 0 radical (unpaired) electrons. The standard InChI is InChI=1S/C17H22N4O2S2/c1-18-17(20-11-14-8-9-24-12-14)19-10-13-2-6-16(7-3-13)25(22,23)21-15-4-5-15/h2-3,6-9,12,15,21H,4-5,10-11H2,1H3,(H2,18,19,20). The molecule has 0 spiro atoms. The predicted molar refractivity (Wildman–Crippen MR) is 101 cm³/mol. The topological polar surface area (TPSA) is 82.6 Å². The van der Waals surface area contributed by atoms with Crippen LogP contribution in [0.3, 0.4) is 0 Å². The van der Waals surface area contributed by atoms with E-state index < -0.39 is 10.0 Å². The Bertz CT molecular complexity index is 811. The molecule has 1 aromatic heterocycles. The van der Waals surface area contributed by atoms with Crippen molar-refractivity contribution in [2.75, 3.05) is 7.05 Å². The minimum Gasteiger partial charge on any atom is -0.352 e. The Hall–Kier alpha value is -1.90. The van der Waals surface area contributed by atoms with Crippen molar-refractivity contribution >= 4 is 27.3 Å². The van der Waals surface area contributed by atoms with Crippen molar-refractivity contribution in [3.05, 3.63) is 52.2 Å².